The number of aromatic nitrogens is 3. The summed E-state index contributed by atoms with van der Waals surface area (Å²) in [5.41, 5.74) is 0. The Morgan fingerprint density at radius 2 is 2.12 bits per heavy atom. The highest BCUT2D eigenvalue weighted by molar-refractivity contribution is 5.78. The molecule has 1 atom stereocenters. The maximum absolute atomic E-state index is 12.9. The summed E-state index contributed by atoms with van der Waals surface area (Å²) in [6.07, 6.45) is 3.53. The van der Waals surface area contributed by atoms with Crippen LogP contribution in [0, 0.1) is 11.7 Å². The SMILES string of the molecule is CC(C)Cn1cnnc1[C@@H]1CCCN1C(=O)COc1ccc(F)cc1. The maximum Gasteiger partial charge on any atom is 0.261 e. The van der Waals surface area contributed by atoms with Crippen molar-refractivity contribution in [3.8, 4) is 5.75 Å². The standard InChI is InChI=1S/C18H23FN4O2/c1-13(2)10-22-12-20-21-18(22)16-4-3-9-23(16)17(24)11-25-15-7-5-14(19)6-8-15/h5-8,12-13,16H,3-4,9-11H2,1-2H3/t16-/m0/s1. The van der Waals surface area contributed by atoms with Gasteiger partial charge in [0.1, 0.15) is 17.9 Å². The van der Waals surface area contributed by atoms with Crippen molar-refractivity contribution in [2.24, 2.45) is 5.92 Å². The smallest absolute Gasteiger partial charge is 0.261 e. The molecule has 2 aromatic rings. The minimum atomic E-state index is -0.331. The lowest BCUT2D eigenvalue weighted by Crippen LogP contribution is -2.35. The van der Waals surface area contributed by atoms with Crippen molar-refractivity contribution in [1.29, 1.82) is 0 Å². The number of amides is 1. The molecule has 7 heteroatoms. The zero-order chi connectivity index (χ0) is 17.8. The number of likely N-dealkylation sites (tertiary alicyclic amines) is 1. The van der Waals surface area contributed by atoms with Crippen LogP contribution in [0.1, 0.15) is 38.6 Å². The summed E-state index contributed by atoms with van der Waals surface area (Å²) < 4.78 is 20.4. The van der Waals surface area contributed by atoms with Gasteiger partial charge in [0.05, 0.1) is 6.04 Å². The largest absolute Gasteiger partial charge is 0.484 e. The molecule has 0 saturated carbocycles. The molecule has 1 fully saturated rings. The average molecular weight is 346 g/mol. The summed E-state index contributed by atoms with van der Waals surface area (Å²) in [4.78, 5) is 14.4. The van der Waals surface area contributed by atoms with Crippen LogP contribution < -0.4 is 4.74 Å². The first-order valence-corrected chi connectivity index (χ1v) is 8.60. The Balaban J connectivity index is 1.65. The number of ether oxygens (including phenoxy) is 1. The van der Waals surface area contributed by atoms with E-state index in [9.17, 15) is 9.18 Å². The lowest BCUT2D eigenvalue weighted by molar-refractivity contribution is -0.134. The van der Waals surface area contributed by atoms with Gasteiger partial charge in [-0.2, -0.15) is 0 Å². The van der Waals surface area contributed by atoms with Gasteiger partial charge >= 0.3 is 0 Å². The van der Waals surface area contributed by atoms with E-state index in [-0.39, 0.29) is 24.4 Å². The second-order valence-electron chi connectivity index (χ2n) is 6.72. The summed E-state index contributed by atoms with van der Waals surface area (Å²) in [5, 5.41) is 8.27. The van der Waals surface area contributed by atoms with Crippen molar-refractivity contribution in [3.05, 3.63) is 42.2 Å². The van der Waals surface area contributed by atoms with Gasteiger partial charge in [-0.25, -0.2) is 4.39 Å². The van der Waals surface area contributed by atoms with Crippen LogP contribution in [0.25, 0.3) is 0 Å². The molecule has 0 N–H and O–H groups in total. The van der Waals surface area contributed by atoms with Crippen molar-refractivity contribution in [3.63, 3.8) is 0 Å². The number of benzene rings is 1. The first-order valence-electron chi connectivity index (χ1n) is 8.60. The van der Waals surface area contributed by atoms with E-state index in [4.69, 9.17) is 4.74 Å². The van der Waals surface area contributed by atoms with Gasteiger partial charge < -0.3 is 14.2 Å². The van der Waals surface area contributed by atoms with Crippen LogP contribution >= 0.6 is 0 Å². The van der Waals surface area contributed by atoms with Crippen molar-refractivity contribution >= 4 is 5.91 Å². The third kappa shape index (κ3) is 4.15. The molecule has 0 spiro atoms. The number of hydrogen-bond acceptors (Lipinski definition) is 4. The molecule has 0 unspecified atom stereocenters. The topological polar surface area (TPSA) is 60.2 Å². The van der Waals surface area contributed by atoms with E-state index in [1.54, 1.807) is 6.33 Å². The van der Waals surface area contributed by atoms with Crippen LogP contribution in [0.3, 0.4) is 0 Å². The molecule has 6 nitrogen and oxygen atoms in total. The number of hydrogen-bond donors (Lipinski definition) is 0. The van der Waals surface area contributed by atoms with E-state index in [2.05, 4.69) is 24.0 Å². The van der Waals surface area contributed by atoms with Gasteiger partial charge in [-0.1, -0.05) is 13.8 Å². The molecule has 1 aromatic heterocycles. The fourth-order valence-electron chi connectivity index (χ4n) is 3.15. The monoisotopic (exact) mass is 346 g/mol. The van der Waals surface area contributed by atoms with Crippen LogP contribution in [0.4, 0.5) is 4.39 Å². The highest BCUT2D eigenvalue weighted by atomic mass is 19.1. The van der Waals surface area contributed by atoms with E-state index in [0.29, 0.717) is 18.2 Å². The Labute approximate surface area is 146 Å². The van der Waals surface area contributed by atoms with Crippen molar-refractivity contribution < 1.29 is 13.9 Å². The first-order chi connectivity index (χ1) is 12.0. The van der Waals surface area contributed by atoms with E-state index >= 15 is 0 Å². The molecule has 1 aliphatic rings. The Morgan fingerprint density at radius 3 is 2.84 bits per heavy atom. The molecule has 3 rings (SSSR count). The molecule has 0 aliphatic carbocycles. The predicted molar refractivity (Wildman–Crippen MR) is 90.4 cm³/mol. The van der Waals surface area contributed by atoms with Crippen LogP contribution in [0.15, 0.2) is 30.6 Å². The van der Waals surface area contributed by atoms with Crippen molar-refractivity contribution in [2.45, 2.75) is 39.3 Å². The van der Waals surface area contributed by atoms with E-state index < -0.39 is 0 Å². The molecule has 1 saturated heterocycles. The van der Waals surface area contributed by atoms with Gasteiger partial charge in [-0.05, 0) is 43.0 Å². The Hall–Kier alpha value is -2.44. The summed E-state index contributed by atoms with van der Waals surface area (Å²) in [5.74, 6) is 1.37. The second kappa shape index (κ2) is 7.63. The van der Waals surface area contributed by atoms with Gasteiger partial charge in [0, 0.05) is 13.1 Å². The summed E-state index contributed by atoms with van der Waals surface area (Å²) in [7, 11) is 0. The van der Waals surface area contributed by atoms with Crippen molar-refractivity contribution in [2.75, 3.05) is 13.2 Å². The van der Waals surface area contributed by atoms with E-state index in [1.165, 1.54) is 24.3 Å². The highest BCUT2D eigenvalue weighted by Gasteiger charge is 2.33. The second-order valence-corrected chi connectivity index (χ2v) is 6.72. The van der Waals surface area contributed by atoms with Crippen LogP contribution in [-0.4, -0.2) is 38.7 Å². The summed E-state index contributed by atoms with van der Waals surface area (Å²) in [6, 6.07) is 5.59. The zero-order valence-electron chi connectivity index (χ0n) is 14.6. The van der Waals surface area contributed by atoms with Gasteiger partial charge in [0.2, 0.25) is 0 Å². The normalized spacial score (nSPS) is 17.3. The first kappa shape index (κ1) is 17.4. The molecule has 0 bridgehead atoms. The number of rotatable bonds is 6. The van der Waals surface area contributed by atoms with Crippen LogP contribution in [-0.2, 0) is 11.3 Å². The number of carbonyl (C=O) groups excluding carboxylic acids is 1. The number of carbonyl (C=O) groups is 1. The predicted octanol–water partition coefficient (Wildman–Crippen LogP) is 2.82. The quantitative estimate of drug-likeness (QED) is 0.807. The zero-order valence-corrected chi connectivity index (χ0v) is 14.6. The minimum Gasteiger partial charge on any atom is -0.484 e. The average Bonchev–Trinajstić information content (AvgIpc) is 3.22. The van der Waals surface area contributed by atoms with E-state index in [0.717, 1.165) is 25.2 Å². The summed E-state index contributed by atoms with van der Waals surface area (Å²) in [6.45, 7) is 5.72. The van der Waals surface area contributed by atoms with Gasteiger partial charge in [-0.15, -0.1) is 10.2 Å². The van der Waals surface area contributed by atoms with Crippen LogP contribution in [0.5, 0.6) is 5.75 Å². The third-order valence-corrected chi connectivity index (χ3v) is 4.25. The minimum absolute atomic E-state index is 0.0643. The lowest BCUT2D eigenvalue weighted by Gasteiger charge is -2.25. The van der Waals surface area contributed by atoms with E-state index in [1.807, 2.05) is 9.47 Å². The summed E-state index contributed by atoms with van der Waals surface area (Å²) >= 11 is 0. The third-order valence-electron chi connectivity index (χ3n) is 4.25. The van der Waals surface area contributed by atoms with Crippen LogP contribution in [0.2, 0.25) is 0 Å². The fraction of sp³-hybridized carbons (Fsp3) is 0.500. The van der Waals surface area contributed by atoms with Gasteiger partial charge in [0.25, 0.3) is 5.91 Å². The molecular weight excluding hydrogens is 323 g/mol. The van der Waals surface area contributed by atoms with Crippen molar-refractivity contribution in [1.82, 2.24) is 19.7 Å². The number of nitrogens with zero attached hydrogens (tertiary/aromatic N) is 4. The molecule has 1 aromatic carbocycles. The Bertz CT molecular complexity index is 714. The molecule has 134 valence electrons. The van der Waals surface area contributed by atoms with Gasteiger partial charge in [-0.3, -0.25) is 4.79 Å². The number of halogens is 1. The van der Waals surface area contributed by atoms with Gasteiger partial charge in [0.15, 0.2) is 12.4 Å². The highest BCUT2D eigenvalue weighted by Crippen LogP contribution is 2.31. The molecule has 25 heavy (non-hydrogen) atoms. The Kier molecular flexibility index (Phi) is 5.31. The molecule has 0 radical (unpaired) electrons. The molecule has 1 amide bonds. The molecular formula is C18H23FN4O2. The maximum atomic E-state index is 12.9. The Morgan fingerprint density at radius 1 is 1.36 bits per heavy atom. The molecule has 1 aliphatic heterocycles. The fourth-order valence-corrected chi connectivity index (χ4v) is 3.15. The lowest BCUT2D eigenvalue weighted by atomic mass is 10.2. The molecule has 2 heterocycles.